The molecule has 0 aromatic heterocycles. The predicted octanol–water partition coefficient (Wildman–Crippen LogP) is 1.25. The van der Waals surface area contributed by atoms with Crippen molar-refractivity contribution in [3.05, 3.63) is 47.8 Å². The van der Waals surface area contributed by atoms with Crippen LogP contribution in [0, 0.1) is 17.7 Å². The Bertz CT molecular complexity index is 612. The zero-order valence-electron chi connectivity index (χ0n) is 11.6. The highest BCUT2D eigenvalue weighted by Crippen LogP contribution is 2.25. The van der Waals surface area contributed by atoms with E-state index in [0.29, 0.717) is 6.42 Å². The second-order valence-corrected chi connectivity index (χ2v) is 4.94. The van der Waals surface area contributed by atoms with Crippen LogP contribution in [-0.4, -0.2) is 22.9 Å². The molecule has 0 heterocycles. The molecule has 1 aliphatic carbocycles. The Balaban J connectivity index is 1.94. The van der Waals surface area contributed by atoms with E-state index in [9.17, 15) is 18.8 Å². The first-order valence-electron chi connectivity index (χ1n) is 6.72. The molecule has 0 spiro atoms. The van der Waals surface area contributed by atoms with Gasteiger partial charge in [0, 0.05) is 5.56 Å². The third-order valence-corrected chi connectivity index (χ3v) is 3.49. The first-order valence-corrected chi connectivity index (χ1v) is 6.72. The maximum atomic E-state index is 12.8. The number of carboxylic acid groups (broad SMARTS) is 1. The van der Waals surface area contributed by atoms with Crippen molar-refractivity contribution in [1.82, 2.24) is 10.9 Å². The van der Waals surface area contributed by atoms with Crippen molar-refractivity contribution in [3.8, 4) is 0 Å². The molecule has 0 aliphatic heterocycles. The molecule has 2 atom stereocenters. The van der Waals surface area contributed by atoms with Gasteiger partial charge in [-0.3, -0.25) is 25.2 Å². The van der Waals surface area contributed by atoms with Crippen LogP contribution in [0.15, 0.2) is 36.4 Å². The van der Waals surface area contributed by atoms with Crippen LogP contribution >= 0.6 is 0 Å². The number of hydrazine groups is 1. The third kappa shape index (κ3) is 3.69. The van der Waals surface area contributed by atoms with E-state index in [-0.39, 0.29) is 12.0 Å². The average Bonchev–Trinajstić information content (AvgIpc) is 2.53. The Kier molecular flexibility index (Phi) is 4.88. The lowest BCUT2D eigenvalue weighted by atomic mass is 9.82. The van der Waals surface area contributed by atoms with Gasteiger partial charge in [-0.05, 0) is 37.1 Å². The molecule has 0 saturated heterocycles. The molecule has 7 heteroatoms. The van der Waals surface area contributed by atoms with Crippen LogP contribution in [-0.2, 0) is 9.59 Å². The molecule has 1 aliphatic rings. The van der Waals surface area contributed by atoms with Crippen LogP contribution in [0.5, 0.6) is 0 Å². The largest absolute Gasteiger partial charge is 0.481 e. The van der Waals surface area contributed by atoms with Crippen molar-refractivity contribution in [3.63, 3.8) is 0 Å². The van der Waals surface area contributed by atoms with Gasteiger partial charge < -0.3 is 5.11 Å². The number of nitrogens with one attached hydrogen (secondary N) is 2. The summed E-state index contributed by atoms with van der Waals surface area (Å²) in [4.78, 5) is 34.9. The van der Waals surface area contributed by atoms with Crippen LogP contribution in [0.1, 0.15) is 23.2 Å². The van der Waals surface area contributed by atoms with E-state index < -0.39 is 35.4 Å². The van der Waals surface area contributed by atoms with Gasteiger partial charge in [-0.25, -0.2) is 4.39 Å². The van der Waals surface area contributed by atoms with E-state index in [1.807, 2.05) is 0 Å². The van der Waals surface area contributed by atoms with E-state index in [0.717, 1.165) is 12.1 Å². The summed E-state index contributed by atoms with van der Waals surface area (Å²) in [6.45, 7) is 0. The summed E-state index contributed by atoms with van der Waals surface area (Å²) in [5.74, 6) is -4.24. The van der Waals surface area contributed by atoms with E-state index in [2.05, 4.69) is 10.9 Å². The number of benzene rings is 1. The molecule has 0 bridgehead atoms. The lowest BCUT2D eigenvalue weighted by Gasteiger charge is -2.24. The predicted molar refractivity (Wildman–Crippen MR) is 75.0 cm³/mol. The van der Waals surface area contributed by atoms with E-state index in [1.165, 1.54) is 12.1 Å². The number of allylic oxidation sites excluding steroid dienone is 2. The number of hydrogen-bond donors (Lipinski definition) is 3. The topological polar surface area (TPSA) is 95.5 Å². The number of aliphatic carboxylic acids is 1. The third-order valence-electron chi connectivity index (χ3n) is 3.49. The smallest absolute Gasteiger partial charge is 0.307 e. The Morgan fingerprint density at radius 3 is 2.18 bits per heavy atom. The average molecular weight is 306 g/mol. The first-order chi connectivity index (χ1) is 10.5. The minimum Gasteiger partial charge on any atom is -0.481 e. The van der Waals surface area contributed by atoms with E-state index in [1.54, 1.807) is 12.2 Å². The van der Waals surface area contributed by atoms with Gasteiger partial charge in [0.1, 0.15) is 5.82 Å². The standard InChI is InChI=1S/C15H15FN2O4/c16-10-7-5-9(6-8-10)13(19)17-18-14(20)11-3-1-2-4-12(11)15(21)22/h1-2,5-8,11-12H,3-4H2,(H,17,19)(H,18,20)(H,21,22)/t11-,12+/m1/s1. The molecule has 22 heavy (non-hydrogen) atoms. The Morgan fingerprint density at radius 1 is 1.00 bits per heavy atom. The summed E-state index contributed by atoms with van der Waals surface area (Å²) in [7, 11) is 0. The number of amides is 2. The van der Waals surface area contributed by atoms with Crippen molar-refractivity contribution >= 4 is 17.8 Å². The fourth-order valence-corrected chi connectivity index (χ4v) is 2.26. The molecular weight excluding hydrogens is 291 g/mol. The first kappa shape index (κ1) is 15.7. The van der Waals surface area contributed by atoms with Crippen LogP contribution in [0.3, 0.4) is 0 Å². The number of carboxylic acids is 1. The van der Waals surface area contributed by atoms with E-state index in [4.69, 9.17) is 5.11 Å². The lowest BCUT2D eigenvalue weighted by Crippen LogP contribution is -2.47. The monoisotopic (exact) mass is 306 g/mol. The summed E-state index contributed by atoms with van der Waals surface area (Å²) in [5.41, 5.74) is 4.60. The summed E-state index contributed by atoms with van der Waals surface area (Å²) < 4.78 is 12.8. The molecule has 116 valence electrons. The summed E-state index contributed by atoms with van der Waals surface area (Å²) in [6, 6.07) is 4.81. The highest BCUT2D eigenvalue weighted by atomic mass is 19.1. The van der Waals surface area contributed by atoms with Crippen LogP contribution in [0.2, 0.25) is 0 Å². The van der Waals surface area contributed by atoms with Crippen LogP contribution in [0.4, 0.5) is 4.39 Å². The van der Waals surface area contributed by atoms with Gasteiger partial charge in [0.05, 0.1) is 11.8 Å². The second kappa shape index (κ2) is 6.84. The van der Waals surface area contributed by atoms with Gasteiger partial charge >= 0.3 is 5.97 Å². The van der Waals surface area contributed by atoms with Crippen molar-refractivity contribution in [2.45, 2.75) is 12.8 Å². The maximum absolute atomic E-state index is 12.8. The molecule has 0 fully saturated rings. The van der Waals surface area contributed by atoms with Crippen molar-refractivity contribution in [1.29, 1.82) is 0 Å². The van der Waals surface area contributed by atoms with Gasteiger partial charge in [-0.15, -0.1) is 0 Å². The minimum atomic E-state index is -1.05. The van der Waals surface area contributed by atoms with Gasteiger partial charge in [0.15, 0.2) is 0 Å². The number of carbonyl (C=O) groups excluding carboxylic acids is 2. The molecule has 1 aromatic rings. The molecule has 3 N–H and O–H groups in total. The van der Waals surface area contributed by atoms with Gasteiger partial charge in [-0.1, -0.05) is 12.2 Å². The highest BCUT2D eigenvalue weighted by molar-refractivity contribution is 5.96. The molecule has 2 amide bonds. The SMILES string of the molecule is O=C(NNC(=O)[C@@H]1CC=CC[C@@H]1C(=O)O)c1ccc(F)cc1. The number of halogens is 1. The Morgan fingerprint density at radius 2 is 1.59 bits per heavy atom. The second-order valence-electron chi connectivity index (χ2n) is 4.94. The minimum absolute atomic E-state index is 0.181. The number of carbonyl (C=O) groups is 3. The fraction of sp³-hybridized carbons (Fsp3) is 0.267. The normalized spacial score (nSPS) is 20.2. The molecule has 1 aromatic carbocycles. The zero-order chi connectivity index (χ0) is 16.1. The molecule has 0 radical (unpaired) electrons. The maximum Gasteiger partial charge on any atom is 0.307 e. The number of hydrogen-bond acceptors (Lipinski definition) is 3. The quantitative estimate of drug-likeness (QED) is 0.578. The Labute approximate surface area is 126 Å². The van der Waals surface area contributed by atoms with Crippen molar-refractivity contribution in [2.75, 3.05) is 0 Å². The summed E-state index contributed by atoms with van der Waals surface area (Å²) in [6.07, 6.45) is 4.04. The molecule has 2 rings (SSSR count). The van der Waals surface area contributed by atoms with Gasteiger partial charge in [-0.2, -0.15) is 0 Å². The summed E-state index contributed by atoms with van der Waals surface area (Å²) >= 11 is 0. The fourth-order valence-electron chi connectivity index (χ4n) is 2.26. The molecular formula is C15H15FN2O4. The van der Waals surface area contributed by atoms with Crippen molar-refractivity contribution in [2.24, 2.45) is 11.8 Å². The van der Waals surface area contributed by atoms with Crippen LogP contribution < -0.4 is 10.9 Å². The molecule has 6 nitrogen and oxygen atoms in total. The van der Waals surface area contributed by atoms with Crippen molar-refractivity contribution < 1.29 is 23.9 Å². The highest BCUT2D eigenvalue weighted by Gasteiger charge is 2.34. The Hall–Kier alpha value is -2.70. The van der Waals surface area contributed by atoms with E-state index >= 15 is 0 Å². The molecule has 0 unspecified atom stereocenters. The summed E-state index contributed by atoms with van der Waals surface area (Å²) in [5, 5.41) is 9.10. The van der Waals surface area contributed by atoms with Gasteiger partial charge in [0.2, 0.25) is 5.91 Å². The zero-order valence-corrected chi connectivity index (χ0v) is 11.6. The lowest BCUT2D eigenvalue weighted by molar-refractivity contribution is -0.147. The number of rotatable bonds is 3. The van der Waals surface area contributed by atoms with Gasteiger partial charge in [0.25, 0.3) is 5.91 Å². The molecule has 0 saturated carbocycles. The van der Waals surface area contributed by atoms with Crippen LogP contribution in [0.25, 0.3) is 0 Å².